The van der Waals surface area contributed by atoms with E-state index in [1.54, 1.807) is 83.4 Å². The number of phenolic OH excluding ortho intramolecular Hbond substituents is 2. The molecule has 8 atom stereocenters. The molecule has 0 unspecified atom stereocenters. The summed E-state index contributed by atoms with van der Waals surface area (Å²) in [5, 5.41) is 65.3. The minimum Gasteiger partial charge on any atom is -0.508 e. The highest BCUT2D eigenvalue weighted by Crippen LogP contribution is 2.24. The van der Waals surface area contributed by atoms with Gasteiger partial charge in [0.05, 0.1) is 25.6 Å². The molecule has 26 nitrogen and oxygen atoms in total. The van der Waals surface area contributed by atoms with Gasteiger partial charge in [-0.3, -0.25) is 52.7 Å². The first-order valence-electron chi connectivity index (χ1n) is 31.4. The van der Waals surface area contributed by atoms with Crippen LogP contribution >= 0.6 is 0 Å². The van der Waals surface area contributed by atoms with Gasteiger partial charge in [-0.25, -0.2) is 0 Å². The van der Waals surface area contributed by atoms with Gasteiger partial charge in [0.15, 0.2) is 5.78 Å². The molecule has 0 bridgehead atoms. The first kappa shape index (κ1) is 72.5. The lowest BCUT2D eigenvalue weighted by atomic mass is 9.84. The average molecular weight is 1320 g/mol. The van der Waals surface area contributed by atoms with Gasteiger partial charge in [0.25, 0.3) is 0 Å². The Kier molecular flexibility index (Phi) is 25.5. The molecule has 508 valence electrons. The Labute approximate surface area is 553 Å². The van der Waals surface area contributed by atoms with Gasteiger partial charge in [-0.05, 0) is 89.4 Å². The second kappa shape index (κ2) is 33.8. The number of aliphatic hydroxyl groups is 1. The molecule has 0 aliphatic heterocycles. The SMILES string of the molecule is CC(=O)NCC(=O)N[C@@H](CO)C(=O)N[C@@H](Cc1ccc(O)cc1)C(=O)N[C@@H](Cc1c[nH]c2ccccc12)C(=O)N[C@@H](CCc1ccc(O)cc1)C(=O)N[C@@H](CC(=O)O)C(=O)N[C@H](C(=O)N[C@@H](Cc1c[nH]c2ccccc12)C(=O)N[C@@H](Cc1ccccc1)C(=O)C(C)(C)C)C(C)C. The van der Waals surface area contributed by atoms with E-state index in [1.807, 2.05) is 54.6 Å². The zero-order valence-electron chi connectivity index (χ0n) is 54.1. The number of ketones is 1. The standard InChI is InChI=1S/C70H83N11O15/c1-39(2)61(69(96)80-56(33-45-36-73-51-19-13-11-17-49(45)51)66(93)76-53(62(89)70(4,5)6)30-42-14-8-7-9-15-42)81-67(94)57(34-60(87)88)79-63(90)52(29-24-41-20-25-46(84)26-21-41)75-65(92)55(32-44-35-72-50-18-12-10-16-48(44)50)78-64(91)54(31-43-22-27-47(85)28-23-43)77-68(95)58(38-82)74-59(86)37-71-40(3)83/h7-23,25-28,35-36,39,52-58,61,72-73,82,84-85H,24,29-34,37-38H2,1-6H3,(H,71,83)(H,74,86)(H,75,92)(H,76,93)(H,77,95)(H,78,91)(H,79,90)(H,80,96)(H,81,94)(H,87,88)/t52-,53-,54-,55-,56-,57-,58-,61-/m0/s1. The summed E-state index contributed by atoms with van der Waals surface area (Å²) in [5.41, 5.74) is 3.39. The van der Waals surface area contributed by atoms with Crippen LogP contribution in [0.5, 0.6) is 11.5 Å². The topological polar surface area (TPSA) is 409 Å². The van der Waals surface area contributed by atoms with Crippen LogP contribution in [0.3, 0.4) is 0 Å². The molecule has 5 aromatic carbocycles. The van der Waals surface area contributed by atoms with Crippen LogP contribution in [-0.2, 0) is 84.8 Å². The maximum atomic E-state index is 15.1. The van der Waals surface area contributed by atoms with Gasteiger partial charge in [0.2, 0.25) is 53.2 Å². The largest absolute Gasteiger partial charge is 0.508 e. The van der Waals surface area contributed by atoms with Crippen molar-refractivity contribution in [2.45, 2.75) is 135 Å². The van der Waals surface area contributed by atoms with Crippen LogP contribution in [0, 0.1) is 11.3 Å². The molecule has 0 spiro atoms. The number of carbonyl (C=O) groups excluding carboxylic acids is 10. The molecule has 9 amide bonds. The maximum Gasteiger partial charge on any atom is 0.305 e. The fourth-order valence-corrected chi connectivity index (χ4v) is 10.8. The summed E-state index contributed by atoms with van der Waals surface area (Å²) in [6, 6.07) is 22.7. The smallest absolute Gasteiger partial charge is 0.305 e. The second-order valence-electron chi connectivity index (χ2n) is 24.9. The highest BCUT2D eigenvalue weighted by Gasteiger charge is 2.38. The molecule has 0 saturated carbocycles. The molecule has 7 aromatic rings. The van der Waals surface area contributed by atoms with E-state index in [-0.39, 0.29) is 55.8 Å². The van der Waals surface area contributed by atoms with Crippen molar-refractivity contribution in [1.29, 1.82) is 0 Å². The van der Waals surface area contributed by atoms with Gasteiger partial charge in [-0.2, -0.15) is 0 Å². The number of aliphatic carboxylic acids is 1. The van der Waals surface area contributed by atoms with E-state index in [2.05, 4.69) is 57.8 Å². The molecule has 96 heavy (non-hydrogen) atoms. The first-order valence-corrected chi connectivity index (χ1v) is 31.4. The van der Waals surface area contributed by atoms with E-state index < -0.39 is 138 Å². The lowest BCUT2D eigenvalue weighted by molar-refractivity contribution is -0.142. The van der Waals surface area contributed by atoms with Crippen LogP contribution in [0.25, 0.3) is 21.8 Å². The summed E-state index contributed by atoms with van der Waals surface area (Å²) in [4.78, 5) is 160. The summed E-state index contributed by atoms with van der Waals surface area (Å²) in [6.07, 6.45) is 1.56. The third kappa shape index (κ3) is 21.1. The number of aliphatic hydroxyl groups excluding tert-OH is 1. The summed E-state index contributed by atoms with van der Waals surface area (Å²) in [5.74, 6) is -10.9. The molecule has 0 saturated heterocycles. The number of para-hydroxylation sites is 2. The molecule has 0 aliphatic carbocycles. The number of hydrogen-bond donors (Lipinski definition) is 15. The zero-order valence-corrected chi connectivity index (χ0v) is 54.1. The maximum absolute atomic E-state index is 15.1. The Bertz CT molecular complexity index is 3900. The van der Waals surface area contributed by atoms with Crippen molar-refractivity contribution in [3.8, 4) is 11.5 Å². The van der Waals surface area contributed by atoms with Crippen molar-refractivity contribution in [2.75, 3.05) is 13.2 Å². The number of aryl methyl sites for hydroxylation is 1. The van der Waals surface area contributed by atoms with E-state index >= 15 is 4.79 Å². The van der Waals surface area contributed by atoms with Gasteiger partial charge in [-0.15, -0.1) is 0 Å². The van der Waals surface area contributed by atoms with Gasteiger partial charge in [0.1, 0.15) is 53.8 Å². The Balaban J connectivity index is 1.17. The number of aromatic nitrogens is 2. The molecular weight excluding hydrogens is 1230 g/mol. The number of amides is 9. The average Bonchev–Trinajstić information content (AvgIpc) is 1.65. The van der Waals surface area contributed by atoms with Crippen LogP contribution in [0.15, 0.2) is 140 Å². The third-order valence-electron chi connectivity index (χ3n) is 16.0. The molecule has 2 heterocycles. The number of benzene rings is 5. The van der Waals surface area contributed by atoms with Crippen molar-refractivity contribution in [3.05, 3.63) is 168 Å². The summed E-state index contributed by atoms with van der Waals surface area (Å²) >= 11 is 0. The molecule has 0 aliphatic rings. The number of H-pyrrole nitrogens is 2. The number of carboxylic acids is 1. The van der Waals surface area contributed by atoms with Crippen LogP contribution in [0.2, 0.25) is 0 Å². The van der Waals surface area contributed by atoms with Crippen LogP contribution < -0.4 is 47.9 Å². The highest BCUT2D eigenvalue weighted by molar-refractivity contribution is 6.00. The Morgan fingerprint density at radius 1 is 0.458 bits per heavy atom. The predicted molar refractivity (Wildman–Crippen MR) is 355 cm³/mol. The molecule has 0 radical (unpaired) electrons. The number of aromatic amines is 2. The lowest BCUT2D eigenvalue weighted by Crippen LogP contribution is -2.61. The summed E-state index contributed by atoms with van der Waals surface area (Å²) in [6.45, 7) is 8.06. The summed E-state index contributed by atoms with van der Waals surface area (Å²) < 4.78 is 0. The van der Waals surface area contributed by atoms with Crippen LogP contribution in [-0.4, -0.2) is 157 Å². The Morgan fingerprint density at radius 3 is 1.38 bits per heavy atom. The quantitative estimate of drug-likeness (QED) is 0.0281. The number of hydrogen-bond acceptors (Lipinski definition) is 14. The normalized spacial score (nSPS) is 13.9. The van der Waals surface area contributed by atoms with Crippen LogP contribution in [0.4, 0.5) is 0 Å². The minimum absolute atomic E-state index is 0.0300. The fourth-order valence-electron chi connectivity index (χ4n) is 10.8. The number of phenols is 2. The van der Waals surface area contributed by atoms with Gasteiger partial charge in [-0.1, -0.05) is 126 Å². The Morgan fingerprint density at radius 2 is 0.875 bits per heavy atom. The van der Waals surface area contributed by atoms with E-state index in [1.165, 1.54) is 43.3 Å². The number of Topliss-reactive ketones (excluding diaryl/α,β-unsaturated/α-hetero) is 1. The molecule has 2 aromatic heterocycles. The minimum atomic E-state index is -1.92. The van der Waals surface area contributed by atoms with Crippen molar-refractivity contribution < 1.29 is 73.2 Å². The molecule has 26 heteroatoms. The monoisotopic (exact) mass is 1320 g/mol. The van der Waals surface area contributed by atoms with E-state index in [4.69, 9.17) is 0 Å². The summed E-state index contributed by atoms with van der Waals surface area (Å²) in [7, 11) is 0. The number of nitrogens with one attached hydrogen (secondary N) is 11. The number of carboxylic acid groups (broad SMARTS) is 1. The van der Waals surface area contributed by atoms with E-state index in [9.17, 15) is 68.4 Å². The lowest BCUT2D eigenvalue weighted by Gasteiger charge is -2.30. The first-order chi connectivity index (χ1) is 45.6. The zero-order chi connectivity index (χ0) is 69.8. The number of rotatable bonds is 33. The third-order valence-corrected chi connectivity index (χ3v) is 16.0. The highest BCUT2D eigenvalue weighted by atomic mass is 16.4. The number of carbonyl (C=O) groups is 11. The van der Waals surface area contributed by atoms with Gasteiger partial charge < -0.3 is 78.2 Å². The van der Waals surface area contributed by atoms with Gasteiger partial charge >= 0.3 is 5.97 Å². The van der Waals surface area contributed by atoms with E-state index in [0.29, 0.717) is 33.2 Å². The fraction of sp³-hybridized carbons (Fsp3) is 0.357. The molecule has 15 N–H and O–H groups in total. The molecule has 7 rings (SSSR count). The van der Waals surface area contributed by atoms with Crippen molar-refractivity contribution in [3.63, 3.8) is 0 Å². The van der Waals surface area contributed by atoms with Crippen molar-refractivity contribution in [2.24, 2.45) is 11.3 Å². The second-order valence-corrected chi connectivity index (χ2v) is 24.9. The van der Waals surface area contributed by atoms with Gasteiger partial charge in [0, 0.05) is 65.8 Å². The predicted octanol–water partition coefficient (Wildman–Crippen LogP) is 2.72. The van der Waals surface area contributed by atoms with Crippen LogP contribution in [0.1, 0.15) is 82.2 Å². The van der Waals surface area contributed by atoms with E-state index in [0.717, 1.165) is 16.5 Å². The van der Waals surface area contributed by atoms with Crippen molar-refractivity contribution in [1.82, 2.24) is 57.8 Å². The molecular formula is C70H83N11O15. The van der Waals surface area contributed by atoms with Crippen molar-refractivity contribution >= 4 is 86.7 Å². The molecule has 0 fully saturated rings. The Hall–Kier alpha value is -10.9. The number of fused-ring (bicyclic) bond motifs is 2. The number of aromatic hydroxyl groups is 2.